The van der Waals surface area contributed by atoms with Gasteiger partial charge in [0.15, 0.2) is 6.10 Å². The second kappa shape index (κ2) is 11.3. The number of thiazole rings is 1. The summed E-state index contributed by atoms with van der Waals surface area (Å²) >= 11 is 7.78. The first-order chi connectivity index (χ1) is 21.6. The van der Waals surface area contributed by atoms with Gasteiger partial charge in [-0.05, 0) is 81.3 Å². The Bertz CT molecular complexity index is 2080. The van der Waals surface area contributed by atoms with Crippen LogP contribution in [0, 0.1) is 6.92 Å². The summed E-state index contributed by atoms with van der Waals surface area (Å²) < 4.78 is 9.13. The Kier molecular flexibility index (Phi) is 7.44. The van der Waals surface area contributed by atoms with Crippen molar-refractivity contribution in [3.05, 3.63) is 89.2 Å². The summed E-state index contributed by atoms with van der Waals surface area (Å²) in [5.74, 6) is -1.04. The molecule has 1 fully saturated rings. The molecule has 8 nitrogen and oxygen atoms in total. The number of carboxylic acids is 1. The third-order valence-electron chi connectivity index (χ3n) is 8.02. The van der Waals surface area contributed by atoms with E-state index in [0.29, 0.717) is 16.6 Å². The standard InChI is InChI=1S/C35H32ClN5O3S/c1-19-13-27-32(30(20-5-8-24(36)9-6-20)29(19)31(34(42)43)44-35(2,3)4)45-33(40-27)22-11-12-38-26(15-22)21-7-10-28-23(14-21)16-39-41(28)25-17-37-18-25/h5-16,25,31,37H,17-18H2,1-4H3,(H,42,43)/t31-/m0/s1. The van der Waals surface area contributed by atoms with Crippen LogP contribution in [0.15, 0.2) is 73.1 Å². The number of aliphatic carboxylic acids is 1. The van der Waals surface area contributed by atoms with E-state index in [4.69, 9.17) is 21.3 Å². The number of aromatic nitrogens is 4. The van der Waals surface area contributed by atoms with Crippen LogP contribution in [0.25, 0.3) is 54.1 Å². The monoisotopic (exact) mass is 637 g/mol. The van der Waals surface area contributed by atoms with Gasteiger partial charge in [-0.2, -0.15) is 5.10 Å². The molecule has 1 aliphatic rings. The van der Waals surface area contributed by atoms with Crippen molar-refractivity contribution < 1.29 is 14.6 Å². The molecule has 0 saturated carbocycles. The number of aryl methyl sites for hydroxylation is 1. The maximum absolute atomic E-state index is 12.7. The normalized spacial score (nSPS) is 14.6. The minimum atomic E-state index is -1.17. The second-order valence-electron chi connectivity index (χ2n) is 12.4. The topological polar surface area (TPSA) is 102 Å². The molecule has 1 atom stereocenters. The molecule has 1 saturated heterocycles. The van der Waals surface area contributed by atoms with Gasteiger partial charge in [-0.1, -0.05) is 29.8 Å². The third kappa shape index (κ3) is 5.61. The number of carbonyl (C=O) groups is 1. The van der Waals surface area contributed by atoms with Gasteiger partial charge < -0.3 is 15.2 Å². The maximum Gasteiger partial charge on any atom is 0.337 e. The summed E-state index contributed by atoms with van der Waals surface area (Å²) in [6, 6.07) is 20.2. The van der Waals surface area contributed by atoms with Gasteiger partial charge in [-0.15, -0.1) is 11.3 Å². The first kappa shape index (κ1) is 29.6. The van der Waals surface area contributed by atoms with Crippen molar-refractivity contribution in [1.82, 2.24) is 25.1 Å². The summed E-state index contributed by atoms with van der Waals surface area (Å²) in [5.41, 5.74) is 7.05. The summed E-state index contributed by atoms with van der Waals surface area (Å²) in [6.45, 7) is 9.37. The fourth-order valence-electron chi connectivity index (χ4n) is 5.83. The Morgan fingerprint density at radius 2 is 1.82 bits per heavy atom. The van der Waals surface area contributed by atoms with Gasteiger partial charge in [0.1, 0.15) is 5.01 Å². The lowest BCUT2D eigenvalue weighted by molar-refractivity contribution is -0.160. The molecule has 3 aromatic heterocycles. The highest BCUT2D eigenvalue weighted by Crippen LogP contribution is 2.44. The van der Waals surface area contributed by atoms with E-state index < -0.39 is 17.7 Å². The Hall–Kier alpha value is -4.15. The molecule has 0 radical (unpaired) electrons. The van der Waals surface area contributed by atoms with E-state index in [1.807, 2.05) is 70.3 Å². The molecule has 0 bridgehead atoms. The van der Waals surface area contributed by atoms with Crippen molar-refractivity contribution in [2.45, 2.75) is 45.4 Å². The number of nitrogens with zero attached hydrogens (tertiary/aromatic N) is 4. The van der Waals surface area contributed by atoms with E-state index in [0.717, 1.165) is 72.7 Å². The number of nitrogens with one attached hydrogen (secondary N) is 1. The molecule has 1 aliphatic heterocycles. The third-order valence-corrected chi connectivity index (χ3v) is 9.41. The zero-order valence-electron chi connectivity index (χ0n) is 25.3. The first-order valence-electron chi connectivity index (χ1n) is 14.8. The minimum absolute atomic E-state index is 0.390. The quantitative estimate of drug-likeness (QED) is 0.182. The molecule has 6 aromatic rings. The van der Waals surface area contributed by atoms with Gasteiger partial charge in [0.25, 0.3) is 0 Å². The van der Waals surface area contributed by atoms with Gasteiger partial charge in [0.05, 0.1) is 39.3 Å². The van der Waals surface area contributed by atoms with Crippen molar-refractivity contribution in [2.75, 3.05) is 13.1 Å². The number of carboxylic acid groups (broad SMARTS) is 1. The van der Waals surface area contributed by atoms with Crippen molar-refractivity contribution >= 4 is 50.0 Å². The summed E-state index contributed by atoms with van der Waals surface area (Å²) in [5, 5.41) is 20.8. The molecule has 2 N–H and O–H groups in total. The van der Waals surface area contributed by atoms with Gasteiger partial charge in [-0.25, -0.2) is 9.78 Å². The number of rotatable bonds is 7. The zero-order chi connectivity index (χ0) is 31.5. The van der Waals surface area contributed by atoms with Crippen LogP contribution in [-0.4, -0.2) is 49.5 Å². The SMILES string of the molecule is Cc1cc2nc(-c3ccnc(-c4ccc5c(cnn5C5CNC5)c4)c3)sc2c(-c2ccc(Cl)cc2)c1[C@H](OC(C)(C)C)C(=O)O. The minimum Gasteiger partial charge on any atom is -0.479 e. The largest absolute Gasteiger partial charge is 0.479 e. The van der Waals surface area contributed by atoms with E-state index in [1.54, 1.807) is 6.20 Å². The molecule has 0 aliphatic carbocycles. The molecule has 3 aromatic carbocycles. The van der Waals surface area contributed by atoms with Gasteiger partial charge >= 0.3 is 5.97 Å². The van der Waals surface area contributed by atoms with Crippen LogP contribution in [0.2, 0.25) is 5.02 Å². The number of ether oxygens (including phenoxy) is 1. The first-order valence-corrected chi connectivity index (χ1v) is 16.0. The van der Waals surface area contributed by atoms with Crippen LogP contribution in [0.5, 0.6) is 0 Å². The predicted octanol–water partition coefficient (Wildman–Crippen LogP) is 8.09. The number of hydrogen-bond acceptors (Lipinski definition) is 7. The van der Waals surface area contributed by atoms with Crippen molar-refractivity contribution in [3.8, 4) is 33.0 Å². The van der Waals surface area contributed by atoms with Crippen molar-refractivity contribution in [3.63, 3.8) is 0 Å². The van der Waals surface area contributed by atoms with E-state index in [9.17, 15) is 9.90 Å². The maximum atomic E-state index is 12.7. The lowest BCUT2D eigenvalue weighted by Crippen LogP contribution is -2.43. The van der Waals surface area contributed by atoms with E-state index in [1.165, 1.54) is 11.3 Å². The van der Waals surface area contributed by atoms with E-state index in [-0.39, 0.29) is 0 Å². The zero-order valence-corrected chi connectivity index (χ0v) is 26.9. The van der Waals surface area contributed by atoms with Crippen LogP contribution in [-0.2, 0) is 9.53 Å². The molecule has 0 amide bonds. The smallest absolute Gasteiger partial charge is 0.337 e. The fourth-order valence-corrected chi connectivity index (χ4v) is 7.08. The Morgan fingerprint density at radius 3 is 2.51 bits per heavy atom. The Balaban J connectivity index is 1.34. The lowest BCUT2D eigenvalue weighted by Gasteiger charge is -2.28. The van der Waals surface area contributed by atoms with E-state index >= 15 is 0 Å². The summed E-state index contributed by atoms with van der Waals surface area (Å²) in [7, 11) is 0. The number of benzene rings is 3. The number of halogens is 1. The molecule has 10 heteroatoms. The molecule has 228 valence electrons. The van der Waals surface area contributed by atoms with Crippen LogP contribution in [0.1, 0.15) is 44.0 Å². The molecule has 45 heavy (non-hydrogen) atoms. The molecule has 7 rings (SSSR count). The highest BCUT2D eigenvalue weighted by Gasteiger charge is 2.32. The van der Waals surface area contributed by atoms with Crippen LogP contribution < -0.4 is 5.32 Å². The van der Waals surface area contributed by atoms with Gasteiger partial charge in [0, 0.05) is 51.9 Å². The fraction of sp³-hybridized carbons (Fsp3) is 0.257. The second-order valence-corrected chi connectivity index (χ2v) is 13.8. The van der Waals surface area contributed by atoms with E-state index in [2.05, 4.69) is 44.3 Å². The molecule has 0 spiro atoms. The number of hydrogen-bond donors (Lipinski definition) is 2. The molecule has 0 unspecified atom stereocenters. The molecular formula is C35H32ClN5O3S. The van der Waals surface area contributed by atoms with Crippen LogP contribution >= 0.6 is 22.9 Å². The number of pyridine rings is 1. The Morgan fingerprint density at radius 1 is 1.07 bits per heavy atom. The summed E-state index contributed by atoms with van der Waals surface area (Å²) in [6.07, 6.45) is 2.55. The highest BCUT2D eigenvalue weighted by atomic mass is 35.5. The average Bonchev–Trinajstić information content (AvgIpc) is 3.59. The van der Waals surface area contributed by atoms with Crippen molar-refractivity contribution in [1.29, 1.82) is 0 Å². The number of fused-ring (bicyclic) bond motifs is 2. The Labute approximate surface area is 269 Å². The molecular weight excluding hydrogens is 606 g/mol. The molecule has 4 heterocycles. The summed E-state index contributed by atoms with van der Waals surface area (Å²) in [4.78, 5) is 22.4. The predicted molar refractivity (Wildman–Crippen MR) is 180 cm³/mol. The lowest BCUT2D eigenvalue weighted by atomic mass is 9.91. The van der Waals surface area contributed by atoms with Crippen LogP contribution in [0.4, 0.5) is 0 Å². The van der Waals surface area contributed by atoms with Gasteiger partial charge in [0.2, 0.25) is 0 Å². The van der Waals surface area contributed by atoms with Crippen LogP contribution in [0.3, 0.4) is 0 Å². The van der Waals surface area contributed by atoms with Gasteiger partial charge in [-0.3, -0.25) is 9.67 Å². The van der Waals surface area contributed by atoms with Crippen molar-refractivity contribution in [2.24, 2.45) is 0 Å². The average molecular weight is 638 g/mol. The highest BCUT2D eigenvalue weighted by molar-refractivity contribution is 7.22.